The molecule has 8 nitrogen and oxygen atoms in total. The first-order valence-corrected chi connectivity index (χ1v) is 11.2. The molecule has 4 aromatic rings. The number of sulfone groups is 1. The third kappa shape index (κ3) is 4.77. The van der Waals surface area contributed by atoms with Gasteiger partial charge in [0.2, 0.25) is 23.4 Å². The summed E-state index contributed by atoms with van der Waals surface area (Å²) in [5.41, 5.74) is 2.51. The summed E-state index contributed by atoms with van der Waals surface area (Å²) >= 11 is 3.37. The van der Waals surface area contributed by atoms with E-state index >= 15 is 0 Å². The van der Waals surface area contributed by atoms with Crippen molar-refractivity contribution in [3.8, 4) is 22.8 Å². The molecule has 0 radical (unpaired) electrons. The predicted octanol–water partition coefficient (Wildman–Crippen LogP) is 3.97. The van der Waals surface area contributed by atoms with Gasteiger partial charge in [0.1, 0.15) is 11.5 Å². The SMILES string of the molecule is Cc1cccc(-c2noc(CS(=O)(=O)Cc3nc(-c4cccc(Br)c4)no3)n2)c1. The molecule has 0 amide bonds. The van der Waals surface area contributed by atoms with Crippen LogP contribution in [0.4, 0.5) is 0 Å². The topological polar surface area (TPSA) is 112 Å². The van der Waals surface area contributed by atoms with Gasteiger partial charge in [-0.1, -0.05) is 62.1 Å². The molecule has 4 rings (SSSR count). The maximum absolute atomic E-state index is 12.5. The first kappa shape index (κ1) is 19.5. The average molecular weight is 475 g/mol. The van der Waals surface area contributed by atoms with Crippen LogP contribution in [-0.4, -0.2) is 28.7 Å². The first-order valence-electron chi connectivity index (χ1n) is 8.56. The van der Waals surface area contributed by atoms with Crippen LogP contribution in [0.25, 0.3) is 22.8 Å². The van der Waals surface area contributed by atoms with Gasteiger partial charge in [-0.05, 0) is 25.1 Å². The van der Waals surface area contributed by atoms with Gasteiger partial charge < -0.3 is 9.05 Å². The Balaban J connectivity index is 1.48. The summed E-state index contributed by atoms with van der Waals surface area (Å²) in [6.45, 7) is 1.95. The van der Waals surface area contributed by atoms with Gasteiger partial charge in [-0.25, -0.2) is 8.42 Å². The lowest BCUT2D eigenvalue weighted by molar-refractivity contribution is 0.384. The Morgan fingerprint density at radius 2 is 1.41 bits per heavy atom. The van der Waals surface area contributed by atoms with E-state index in [9.17, 15) is 8.42 Å². The Morgan fingerprint density at radius 1 is 0.862 bits per heavy atom. The van der Waals surface area contributed by atoms with Crippen LogP contribution in [0.1, 0.15) is 17.3 Å². The zero-order valence-electron chi connectivity index (χ0n) is 15.2. The summed E-state index contributed by atoms with van der Waals surface area (Å²) in [7, 11) is -3.64. The number of rotatable bonds is 6. The molecule has 0 saturated carbocycles. The quantitative estimate of drug-likeness (QED) is 0.412. The van der Waals surface area contributed by atoms with Gasteiger partial charge in [0.25, 0.3) is 0 Å². The van der Waals surface area contributed by atoms with Crippen LogP contribution < -0.4 is 0 Å². The third-order valence-electron chi connectivity index (χ3n) is 3.98. The van der Waals surface area contributed by atoms with E-state index in [1.807, 2.05) is 49.4 Å². The number of hydrogen-bond acceptors (Lipinski definition) is 8. The molecule has 0 unspecified atom stereocenters. The minimum atomic E-state index is -3.64. The van der Waals surface area contributed by atoms with Crippen molar-refractivity contribution < 1.29 is 17.5 Å². The fourth-order valence-corrected chi connectivity index (χ4v) is 4.19. The highest BCUT2D eigenvalue weighted by atomic mass is 79.9. The second-order valence-electron chi connectivity index (χ2n) is 6.44. The number of halogens is 1. The van der Waals surface area contributed by atoms with Crippen LogP contribution in [0, 0.1) is 6.92 Å². The Bertz CT molecular complexity index is 1170. The summed E-state index contributed by atoms with van der Waals surface area (Å²) in [6.07, 6.45) is 0. The van der Waals surface area contributed by atoms with Crippen molar-refractivity contribution in [3.63, 3.8) is 0 Å². The van der Waals surface area contributed by atoms with Crippen molar-refractivity contribution in [2.45, 2.75) is 18.4 Å². The van der Waals surface area contributed by atoms with Crippen LogP contribution in [-0.2, 0) is 21.3 Å². The summed E-state index contributed by atoms with van der Waals surface area (Å²) in [4.78, 5) is 8.35. The summed E-state index contributed by atoms with van der Waals surface area (Å²) in [5, 5.41) is 7.71. The largest absolute Gasteiger partial charge is 0.338 e. The van der Waals surface area contributed by atoms with Crippen LogP contribution in [0.2, 0.25) is 0 Å². The van der Waals surface area contributed by atoms with E-state index in [0.717, 1.165) is 15.6 Å². The van der Waals surface area contributed by atoms with Crippen molar-refractivity contribution in [3.05, 3.63) is 70.3 Å². The third-order valence-corrected chi connectivity index (χ3v) is 5.85. The van der Waals surface area contributed by atoms with E-state index in [4.69, 9.17) is 9.05 Å². The zero-order chi connectivity index (χ0) is 20.4. The van der Waals surface area contributed by atoms with Gasteiger partial charge >= 0.3 is 0 Å². The maximum atomic E-state index is 12.5. The fraction of sp³-hybridized carbons (Fsp3) is 0.158. The molecule has 2 heterocycles. The van der Waals surface area contributed by atoms with Gasteiger partial charge in [0.05, 0.1) is 0 Å². The molecular formula is C19H15BrN4O4S. The van der Waals surface area contributed by atoms with E-state index in [1.165, 1.54) is 0 Å². The number of nitrogens with zero attached hydrogens (tertiary/aromatic N) is 4. The first-order chi connectivity index (χ1) is 13.9. The lowest BCUT2D eigenvalue weighted by Crippen LogP contribution is -2.08. The standard InChI is InChI=1S/C19H15BrN4O4S/c1-12-4-2-5-13(8-12)18-21-16(27-23-18)10-29(25,26)11-17-22-19(24-28-17)14-6-3-7-15(20)9-14/h2-9H,10-11H2,1H3. The van der Waals surface area contributed by atoms with Gasteiger partial charge in [0, 0.05) is 15.6 Å². The summed E-state index contributed by atoms with van der Waals surface area (Å²) in [5.74, 6) is -0.174. The molecule has 0 aliphatic heterocycles. The maximum Gasteiger partial charge on any atom is 0.242 e. The summed E-state index contributed by atoms with van der Waals surface area (Å²) in [6, 6.07) is 14.9. The van der Waals surface area contributed by atoms with Gasteiger partial charge in [-0.2, -0.15) is 9.97 Å². The second kappa shape index (κ2) is 7.88. The Kier molecular flexibility index (Phi) is 5.29. The Hall–Kier alpha value is -2.85. The predicted molar refractivity (Wildman–Crippen MR) is 108 cm³/mol. The van der Waals surface area contributed by atoms with Crippen molar-refractivity contribution in [1.82, 2.24) is 20.3 Å². The summed E-state index contributed by atoms with van der Waals surface area (Å²) < 4.78 is 36.1. The minimum Gasteiger partial charge on any atom is -0.338 e. The van der Waals surface area contributed by atoms with Crippen molar-refractivity contribution in [2.24, 2.45) is 0 Å². The molecule has 0 saturated heterocycles. The lowest BCUT2D eigenvalue weighted by atomic mass is 10.1. The molecule has 0 fully saturated rings. The molecular weight excluding hydrogens is 460 g/mol. The molecule has 0 N–H and O–H groups in total. The molecule has 0 spiro atoms. The van der Waals surface area contributed by atoms with E-state index < -0.39 is 21.3 Å². The van der Waals surface area contributed by atoms with E-state index in [2.05, 4.69) is 36.2 Å². The van der Waals surface area contributed by atoms with Crippen LogP contribution in [0.3, 0.4) is 0 Å². The van der Waals surface area contributed by atoms with E-state index in [0.29, 0.717) is 17.2 Å². The molecule has 2 aromatic heterocycles. The average Bonchev–Trinajstić information content (AvgIpc) is 3.31. The van der Waals surface area contributed by atoms with Crippen molar-refractivity contribution in [2.75, 3.05) is 0 Å². The Morgan fingerprint density at radius 3 is 1.97 bits per heavy atom. The highest BCUT2D eigenvalue weighted by molar-refractivity contribution is 9.10. The fourth-order valence-electron chi connectivity index (χ4n) is 2.70. The minimum absolute atomic E-state index is 0.00148. The van der Waals surface area contributed by atoms with Crippen molar-refractivity contribution in [1.29, 1.82) is 0 Å². The number of aryl methyl sites for hydroxylation is 1. The van der Waals surface area contributed by atoms with Gasteiger partial charge in [-0.3, -0.25) is 0 Å². The number of benzene rings is 2. The molecule has 0 aliphatic carbocycles. The molecule has 2 aromatic carbocycles. The lowest BCUT2D eigenvalue weighted by Gasteiger charge is -1.97. The monoisotopic (exact) mass is 474 g/mol. The number of aromatic nitrogens is 4. The van der Waals surface area contributed by atoms with Crippen LogP contribution >= 0.6 is 15.9 Å². The molecule has 0 aliphatic rings. The highest BCUT2D eigenvalue weighted by Gasteiger charge is 2.22. The molecule has 10 heteroatoms. The zero-order valence-corrected chi connectivity index (χ0v) is 17.6. The molecule has 0 bridgehead atoms. The van der Waals surface area contributed by atoms with Crippen LogP contribution in [0.15, 0.2) is 62.0 Å². The smallest absolute Gasteiger partial charge is 0.242 e. The normalized spacial score (nSPS) is 11.7. The van der Waals surface area contributed by atoms with Crippen molar-refractivity contribution >= 4 is 25.8 Å². The molecule has 0 atom stereocenters. The molecule has 148 valence electrons. The van der Waals surface area contributed by atoms with E-state index in [-0.39, 0.29) is 11.8 Å². The number of hydrogen-bond donors (Lipinski definition) is 0. The molecule has 29 heavy (non-hydrogen) atoms. The van der Waals surface area contributed by atoms with Crippen LogP contribution in [0.5, 0.6) is 0 Å². The van der Waals surface area contributed by atoms with Gasteiger partial charge in [0.15, 0.2) is 9.84 Å². The van der Waals surface area contributed by atoms with E-state index in [1.54, 1.807) is 6.07 Å². The second-order valence-corrected chi connectivity index (χ2v) is 9.42. The van der Waals surface area contributed by atoms with Gasteiger partial charge in [-0.15, -0.1) is 0 Å². The highest BCUT2D eigenvalue weighted by Crippen LogP contribution is 2.22. The Labute approximate surface area is 175 Å².